The van der Waals surface area contributed by atoms with Crippen LogP contribution in [0.2, 0.25) is 0 Å². The van der Waals surface area contributed by atoms with Crippen molar-refractivity contribution in [2.45, 2.75) is 6.92 Å². The van der Waals surface area contributed by atoms with E-state index >= 15 is 0 Å². The van der Waals surface area contributed by atoms with Crippen LogP contribution in [0.3, 0.4) is 0 Å². The molecule has 1 fully saturated rings. The monoisotopic (exact) mass is 211 g/mol. The molecule has 84 valence electrons. The van der Waals surface area contributed by atoms with Crippen LogP contribution in [0.1, 0.15) is 5.56 Å². The summed E-state index contributed by atoms with van der Waals surface area (Å²) in [5.74, 6) is 0.269. The van der Waals surface area contributed by atoms with E-state index in [4.69, 9.17) is 14.9 Å². The zero-order valence-electron chi connectivity index (χ0n) is 8.86. The van der Waals surface area contributed by atoms with Gasteiger partial charge in [0.05, 0.1) is 13.2 Å². The topological polar surface area (TPSA) is 61.7 Å². The third kappa shape index (κ3) is 4.18. The lowest BCUT2D eigenvalue weighted by molar-refractivity contribution is 0.109. The van der Waals surface area contributed by atoms with Gasteiger partial charge in [-0.05, 0) is 19.1 Å². The summed E-state index contributed by atoms with van der Waals surface area (Å²) >= 11 is 0. The number of benzene rings is 1. The van der Waals surface area contributed by atoms with Gasteiger partial charge in [-0.25, -0.2) is 0 Å². The van der Waals surface area contributed by atoms with E-state index in [-0.39, 0.29) is 11.5 Å². The minimum Gasteiger partial charge on any atom is -0.508 e. The highest BCUT2D eigenvalue weighted by molar-refractivity contribution is 5.41. The number of hydrogen-bond donors (Lipinski definition) is 3. The Morgan fingerprint density at radius 1 is 1.13 bits per heavy atom. The number of morpholine rings is 1. The van der Waals surface area contributed by atoms with E-state index in [9.17, 15) is 0 Å². The Morgan fingerprint density at radius 2 is 1.67 bits per heavy atom. The molecule has 15 heavy (non-hydrogen) atoms. The molecule has 3 N–H and O–H groups in total. The van der Waals surface area contributed by atoms with Crippen molar-refractivity contribution in [2.75, 3.05) is 26.3 Å². The standard InChI is InChI=1S/C7H8O2.C4H9NO/c1-5-6(8)3-2-4-7(5)9;1-3-6-4-2-5-1/h2-4,8-9H,1H3;5H,1-4H2. The second kappa shape index (κ2) is 6.27. The molecule has 1 saturated heterocycles. The number of phenols is 2. The van der Waals surface area contributed by atoms with Crippen LogP contribution in [0, 0.1) is 6.92 Å². The normalized spacial score (nSPS) is 15.3. The first-order valence-corrected chi connectivity index (χ1v) is 4.98. The Balaban J connectivity index is 0.000000162. The maximum absolute atomic E-state index is 8.94. The van der Waals surface area contributed by atoms with Crippen molar-refractivity contribution < 1.29 is 14.9 Å². The summed E-state index contributed by atoms with van der Waals surface area (Å²) in [5, 5.41) is 21.0. The molecule has 0 aliphatic carbocycles. The molecule has 4 heteroatoms. The lowest BCUT2D eigenvalue weighted by Crippen LogP contribution is -2.30. The summed E-state index contributed by atoms with van der Waals surface area (Å²) in [5.41, 5.74) is 0.525. The van der Waals surface area contributed by atoms with Crippen LogP contribution in [0.4, 0.5) is 0 Å². The molecule has 2 rings (SSSR count). The first-order chi connectivity index (χ1) is 7.22. The molecule has 1 aromatic carbocycles. The van der Waals surface area contributed by atoms with E-state index in [1.165, 1.54) is 12.1 Å². The molecule has 1 heterocycles. The van der Waals surface area contributed by atoms with Gasteiger partial charge >= 0.3 is 0 Å². The Labute approximate surface area is 89.5 Å². The van der Waals surface area contributed by atoms with E-state index in [1.807, 2.05) is 0 Å². The van der Waals surface area contributed by atoms with Crippen molar-refractivity contribution in [1.82, 2.24) is 5.32 Å². The minimum absolute atomic E-state index is 0.134. The first-order valence-electron chi connectivity index (χ1n) is 4.98. The molecule has 0 radical (unpaired) electrons. The smallest absolute Gasteiger partial charge is 0.122 e. The molecule has 1 aromatic rings. The molecule has 0 amide bonds. The van der Waals surface area contributed by atoms with Gasteiger partial charge in [-0.3, -0.25) is 0 Å². The largest absolute Gasteiger partial charge is 0.508 e. The van der Waals surface area contributed by atoms with Crippen LogP contribution in [-0.2, 0) is 4.74 Å². The van der Waals surface area contributed by atoms with Crippen LogP contribution in [-0.4, -0.2) is 36.5 Å². The van der Waals surface area contributed by atoms with Crippen molar-refractivity contribution in [1.29, 1.82) is 0 Å². The average molecular weight is 211 g/mol. The van der Waals surface area contributed by atoms with Gasteiger partial charge in [-0.15, -0.1) is 0 Å². The number of aromatic hydroxyl groups is 2. The Morgan fingerprint density at radius 3 is 1.93 bits per heavy atom. The molecule has 0 bridgehead atoms. The summed E-state index contributed by atoms with van der Waals surface area (Å²) in [6.45, 7) is 5.49. The quantitative estimate of drug-likeness (QED) is 0.599. The van der Waals surface area contributed by atoms with E-state index in [2.05, 4.69) is 5.32 Å². The van der Waals surface area contributed by atoms with Crippen LogP contribution in [0.25, 0.3) is 0 Å². The van der Waals surface area contributed by atoms with Gasteiger partial charge in [0.1, 0.15) is 11.5 Å². The Bertz CT molecular complexity index is 266. The highest BCUT2D eigenvalue weighted by Gasteiger charge is 1.97. The summed E-state index contributed by atoms with van der Waals surface area (Å²) in [7, 11) is 0. The zero-order valence-corrected chi connectivity index (χ0v) is 8.86. The molecule has 4 nitrogen and oxygen atoms in total. The summed E-state index contributed by atoms with van der Waals surface area (Å²) in [4.78, 5) is 0. The predicted octanol–water partition coefficient (Wildman–Crippen LogP) is 1.01. The highest BCUT2D eigenvalue weighted by Crippen LogP contribution is 2.23. The third-order valence-electron chi connectivity index (χ3n) is 2.12. The van der Waals surface area contributed by atoms with Crippen LogP contribution < -0.4 is 5.32 Å². The van der Waals surface area contributed by atoms with E-state index in [1.54, 1.807) is 13.0 Å². The Hall–Kier alpha value is -1.26. The molecular formula is C11H17NO3. The number of nitrogens with one attached hydrogen (secondary N) is 1. The van der Waals surface area contributed by atoms with E-state index < -0.39 is 0 Å². The maximum Gasteiger partial charge on any atom is 0.122 e. The van der Waals surface area contributed by atoms with Gasteiger partial charge in [0.2, 0.25) is 0 Å². The van der Waals surface area contributed by atoms with Crippen molar-refractivity contribution in [3.8, 4) is 11.5 Å². The lowest BCUT2D eigenvalue weighted by atomic mass is 10.2. The van der Waals surface area contributed by atoms with Gasteiger partial charge < -0.3 is 20.3 Å². The van der Waals surface area contributed by atoms with Gasteiger partial charge in [-0.1, -0.05) is 6.07 Å². The average Bonchev–Trinajstić information content (AvgIpc) is 2.29. The van der Waals surface area contributed by atoms with Crippen LogP contribution >= 0.6 is 0 Å². The molecule has 0 atom stereocenters. The van der Waals surface area contributed by atoms with Gasteiger partial charge in [0.25, 0.3) is 0 Å². The van der Waals surface area contributed by atoms with Gasteiger partial charge in [0.15, 0.2) is 0 Å². The third-order valence-corrected chi connectivity index (χ3v) is 2.12. The summed E-state index contributed by atoms with van der Waals surface area (Å²) in [6.07, 6.45) is 0. The van der Waals surface area contributed by atoms with E-state index in [0.29, 0.717) is 5.56 Å². The molecule has 0 saturated carbocycles. The summed E-state index contributed by atoms with van der Waals surface area (Å²) in [6, 6.07) is 4.67. The number of phenolic OH excluding ortho intramolecular Hbond substituents is 2. The zero-order chi connectivity index (χ0) is 11.1. The minimum atomic E-state index is 0.134. The highest BCUT2D eigenvalue weighted by atomic mass is 16.5. The predicted molar refractivity (Wildman–Crippen MR) is 58.2 cm³/mol. The SMILES string of the molecule is C1COCCN1.Cc1c(O)cccc1O. The van der Waals surface area contributed by atoms with Gasteiger partial charge in [0, 0.05) is 18.7 Å². The van der Waals surface area contributed by atoms with Crippen molar-refractivity contribution in [3.63, 3.8) is 0 Å². The fourth-order valence-electron chi connectivity index (χ4n) is 1.13. The van der Waals surface area contributed by atoms with Crippen molar-refractivity contribution in [2.24, 2.45) is 0 Å². The second-order valence-electron chi connectivity index (χ2n) is 3.28. The van der Waals surface area contributed by atoms with Crippen molar-refractivity contribution >= 4 is 0 Å². The lowest BCUT2D eigenvalue weighted by Gasteiger charge is -2.10. The Kier molecular flexibility index (Phi) is 4.93. The molecule has 0 spiro atoms. The van der Waals surface area contributed by atoms with Crippen molar-refractivity contribution in [3.05, 3.63) is 23.8 Å². The number of rotatable bonds is 0. The molecular weight excluding hydrogens is 194 g/mol. The molecule has 1 aliphatic heterocycles. The molecule has 0 aromatic heterocycles. The number of ether oxygens (including phenoxy) is 1. The molecule has 1 aliphatic rings. The fraction of sp³-hybridized carbons (Fsp3) is 0.455. The molecule has 0 unspecified atom stereocenters. The van der Waals surface area contributed by atoms with E-state index in [0.717, 1.165) is 26.3 Å². The second-order valence-corrected chi connectivity index (χ2v) is 3.28. The van der Waals surface area contributed by atoms with Crippen LogP contribution in [0.15, 0.2) is 18.2 Å². The maximum atomic E-state index is 8.94. The summed E-state index contributed by atoms with van der Waals surface area (Å²) < 4.78 is 5.01. The van der Waals surface area contributed by atoms with Gasteiger partial charge in [-0.2, -0.15) is 0 Å². The first kappa shape index (κ1) is 11.8. The fourth-order valence-corrected chi connectivity index (χ4v) is 1.13. The van der Waals surface area contributed by atoms with Crippen LogP contribution in [0.5, 0.6) is 11.5 Å². The number of hydrogen-bond acceptors (Lipinski definition) is 4.